The first-order valence-corrected chi connectivity index (χ1v) is 10.3. The van der Waals surface area contributed by atoms with Crippen molar-refractivity contribution >= 4 is 11.6 Å². The molecule has 0 heterocycles. The van der Waals surface area contributed by atoms with Crippen molar-refractivity contribution in [3.05, 3.63) is 84.4 Å². The minimum atomic E-state index is -0.208. The van der Waals surface area contributed by atoms with E-state index in [1.54, 1.807) is 30.3 Å². The van der Waals surface area contributed by atoms with Crippen LogP contribution < -0.4 is 19.5 Å². The minimum absolute atomic E-state index is 0.208. The summed E-state index contributed by atoms with van der Waals surface area (Å²) >= 11 is 0. The molecule has 0 aliphatic heterocycles. The first-order chi connectivity index (χ1) is 15.2. The molecule has 0 bridgehead atoms. The van der Waals surface area contributed by atoms with E-state index in [0.717, 1.165) is 5.75 Å². The zero-order chi connectivity index (χ0) is 21.7. The molecule has 0 atom stereocenters. The summed E-state index contributed by atoms with van der Waals surface area (Å²) in [5.41, 5.74) is 1.20. The van der Waals surface area contributed by atoms with Crippen LogP contribution >= 0.6 is 0 Å². The van der Waals surface area contributed by atoms with Crippen LogP contribution in [0.3, 0.4) is 0 Å². The number of anilines is 1. The Morgan fingerprint density at radius 2 is 1.32 bits per heavy atom. The van der Waals surface area contributed by atoms with Gasteiger partial charge >= 0.3 is 0 Å². The van der Waals surface area contributed by atoms with Crippen molar-refractivity contribution in [2.75, 3.05) is 38.4 Å². The van der Waals surface area contributed by atoms with Gasteiger partial charge in [-0.15, -0.1) is 0 Å². The van der Waals surface area contributed by atoms with Crippen LogP contribution in [0.25, 0.3) is 0 Å². The van der Waals surface area contributed by atoms with Gasteiger partial charge in [-0.05, 0) is 61.5 Å². The van der Waals surface area contributed by atoms with Gasteiger partial charge in [-0.3, -0.25) is 4.79 Å². The lowest BCUT2D eigenvalue weighted by Gasteiger charge is -2.10. The maximum absolute atomic E-state index is 12.5. The Bertz CT molecular complexity index is 928. The molecule has 3 aromatic carbocycles. The van der Waals surface area contributed by atoms with Crippen LogP contribution in [0.5, 0.6) is 17.2 Å². The van der Waals surface area contributed by atoms with Gasteiger partial charge in [0.15, 0.2) is 0 Å². The zero-order valence-electron chi connectivity index (χ0n) is 17.6. The second kappa shape index (κ2) is 12.2. The molecule has 31 heavy (non-hydrogen) atoms. The van der Waals surface area contributed by atoms with Gasteiger partial charge in [-0.1, -0.05) is 24.3 Å². The van der Waals surface area contributed by atoms with E-state index in [1.807, 2.05) is 55.5 Å². The third kappa shape index (κ3) is 7.68. The number of rotatable bonds is 12. The largest absolute Gasteiger partial charge is 0.491 e. The summed E-state index contributed by atoms with van der Waals surface area (Å²) in [6, 6.07) is 23.9. The molecule has 1 N–H and O–H groups in total. The normalized spacial score (nSPS) is 10.4. The zero-order valence-corrected chi connectivity index (χ0v) is 17.6. The lowest BCUT2D eigenvalue weighted by molar-refractivity contribution is 0.102. The van der Waals surface area contributed by atoms with Crippen LogP contribution in [0.15, 0.2) is 78.9 Å². The Balaban J connectivity index is 1.44. The second-order valence-electron chi connectivity index (χ2n) is 6.56. The van der Waals surface area contributed by atoms with E-state index in [2.05, 4.69) is 5.32 Å². The Hall–Kier alpha value is -3.51. The Kier molecular flexibility index (Phi) is 8.76. The van der Waals surface area contributed by atoms with E-state index in [1.165, 1.54) is 0 Å². The molecule has 0 aliphatic rings. The molecule has 162 valence electrons. The summed E-state index contributed by atoms with van der Waals surface area (Å²) in [7, 11) is 0. The van der Waals surface area contributed by atoms with Crippen molar-refractivity contribution in [3.63, 3.8) is 0 Å². The number of para-hydroxylation sites is 1. The van der Waals surface area contributed by atoms with Crippen LogP contribution in [-0.2, 0) is 4.74 Å². The average Bonchev–Trinajstić information content (AvgIpc) is 2.81. The summed E-state index contributed by atoms with van der Waals surface area (Å²) < 4.78 is 22.1. The highest BCUT2D eigenvalue weighted by Gasteiger charge is 2.08. The summed E-state index contributed by atoms with van der Waals surface area (Å²) in [6.45, 7) is 4.42. The molecule has 0 saturated heterocycles. The van der Waals surface area contributed by atoms with E-state index in [0.29, 0.717) is 55.8 Å². The second-order valence-corrected chi connectivity index (χ2v) is 6.56. The molecule has 0 aliphatic carbocycles. The van der Waals surface area contributed by atoms with E-state index in [4.69, 9.17) is 18.9 Å². The fourth-order valence-corrected chi connectivity index (χ4v) is 2.76. The molecular formula is C25H27NO5. The van der Waals surface area contributed by atoms with Crippen LogP contribution in [0.1, 0.15) is 17.3 Å². The Morgan fingerprint density at radius 1 is 0.710 bits per heavy atom. The molecule has 0 unspecified atom stereocenters. The van der Waals surface area contributed by atoms with Gasteiger partial charge in [0.1, 0.15) is 37.1 Å². The van der Waals surface area contributed by atoms with Gasteiger partial charge in [0.25, 0.3) is 5.91 Å². The number of hydrogen-bond acceptors (Lipinski definition) is 5. The minimum Gasteiger partial charge on any atom is -0.491 e. The topological polar surface area (TPSA) is 66.0 Å². The van der Waals surface area contributed by atoms with E-state index < -0.39 is 0 Å². The number of ether oxygens (including phenoxy) is 4. The SMILES string of the molecule is CCOCCOc1cccc(C(=O)Nc2ccc(OCCOc3ccccc3)cc2)c1. The molecule has 0 spiro atoms. The lowest BCUT2D eigenvalue weighted by Crippen LogP contribution is -2.12. The number of carbonyl (C=O) groups is 1. The highest BCUT2D eigenvalue weighted by Crippen LogP contribution is 2.18. The number of benzene rings is 3. The highest BCUT2D eigenvalue weighted by atomic mass is 16.5. The summed E-state index contributed by atoms with van der Waals surface area (Å²) in [4.78, 5) is 12.5. The maximum Gasteiger partial charge on any atom is 0.255 e. The van der Waals surface area contributed by atoms with Crippen molar-refractivity contribution in [2.45, 2.75) is 6.92 Å². The van der Waals surface area contributed by atoms with Gasteiger partial charge in [0.05, 0.1) is 6.61 Å². The van der Waals surface area contributed by atoms with Crippen molar-refractivity contribution < 1.29 is 23.7 Å². The third-order valence-electron chi connectivity index (χ3n) is 4.27. The molecular weight excluding hydrogens is 394 g/mol. The predicted molar refractivity (Wildman–Crippen MR) is 120 cm³/mol. The monoisotopic (exact) mass is 421 g/mol. The lowest BCUT2D eigenvalue weighted by atomic mass is 10.2. The first-order valence-electron chi connectivity index (χ1n) is 10.3. The summed E-state index contributed by atoms with van der Waals surface area (Å²) in [6.07, 6.45) is 0. The van der Waals surface area contributed by atoms with Crippen LogP contribution in [-0.4, -0.2) is 38.9 Å². The number of amides is 1. The third-order valence-corrected chi connectivity index (χ3v) is 4.27. The fourth-order valence-electron chi connectivity index (χ4n) is 2.76. The first kappa shape index (κ1) is 22.2. The summed E-state index contributed by atoms with van der Waals surface area (Å²) in [5.74, 6) is 1.95. The van der Waals surface area contributed by atoms with Gasteiger partial charge in [-0.2, -0.15) is 0 Å². The molecule has 1 amide bonds. The standard InChI is InChI=1S/C25H27NO5/c1-2-28-15-16-31-24-10-6-7-20(19-24)25(27)26-21-11-13-23(14-12-21)30-18-17-29-22-8-4-3-5-9-22/h3-14,19H,2,15-18H2,1H3,(H,26,27). The molecule has 6 nitrogen and oxygen atoms in total. The van der Waals surface area contributed by atoms with Crippen molar-refractivity contribution in [1.82, 2.24) is 0 Å². The smallest absolute Gasteiger partial charge is 0.255 e. The van der Waals surface area contributed by atoms with Crippen molar-refractivity contribution in [3.8, 4) is 17.2 Å². The van der Waals surface area contributed by atoms with Gasteiger partial charge in [-0.25, -0.2) is 0 Å². The number of carbonyl (C=O) groups excluding carboxylic acids is 1. The molecule has 3 rings (SSSR count). The van der Waals surface area contributed by atoms with Gasteiger partial charge < -0.3 is 24.3 Å². The average molecular weight is 421 g/mol. The van der Waals surface area contributed by atoms with E-state index in [9.17, 15) is 4.79 Å². The van der Waals surface area contributed by atoms with Crippen molar-refractivity contribution in [1.29, 1.82) is 0 Å². The predicted octanol–water partition coefficient (Wildman–Crippen LogP) is 4.81. The molecule has 0 aromatic heterocycles. The Morgan fingerprint density at radius 3 is 2.03 bits per heavy atom. The van der Waals surface area contributed by atoms with Crippen LogP contribution in [0.2, 0.25) is 0 Å². The molecule has 0 saturated carbocycles. The summed E-state index contributed by atoms with van der Waals surface area (Å²) in [5, 5.41) is 2.88. The van der Waals surface area contributed by atoms with Gasteiger partial charge in [0.2, 0.25) is 0 Å². The van der Waals surface area contributed by atoms with E-state index >= 15 is 0 Å². The quantitative estimate of drug-likeness (QED) is 0.425. The molecule has 3 aromatic rings. The number of hydrogen-bond donors (Lipinski definition) is 1. The molecule has 0 radical (unpaired) electrons. The van der Waals surface area contributed by atoms with Crippen molar-refractivity contribution in [2.24, 2.45) is 0 Å². The molecule has 0 fully saturated rings. The fraction of sp³-hybridized carbons (Fsp3) is 0.240. The van der Waals surface area contributed by atoms with E-state index in [-0.39, 0.29) is 5.91 Å². The highest BCUT2D eigenvalue weighted by molar-refractivity contribution is 6.04. The van der Waals surface area contributed by atoms with Crippen LogP contribution in [0, 0.1) is 0 Å². The van der Waals surface area contributed by atoms with Crippen LogP contribution in [0.4, 0.5) is 5.69 Å². The maximum atomic E-state index is 12.5. The number of nitrogens with one attached hydrogen (secondary N) is 1. The molecule has 6 heteroatoms. The van der Waals surface area contributed by atoms with Gasteiger partial charge in [0, 0.05) is 17.9 Å². The Labute approximate surface area is 182 Å².